The van der Waals surface area contributed by atoms with Crippen molar-refractivity contribution in [2.75, 3.05) is 33.8 Å². The third-order valence-corrected chi connectivity index (χ3v) is 5.21. The highest BCUT2D eigenvalue weighted by atomic mass is 19.4. The van der Waals surface area contributed by atoms with E-state index in [2.05, 4.69) is 20.5 Å². The van der Waals surface area contributed by atoms with Gasteiger partial charge in [-0.15, -0.1) is 0 Å². The standard InChI is InChI=1S/C21H27F3N4O2/c1-25-20(26-13-15-7-8-16(29-2)12-17(15)21(22,23)24)27-14-18(19-6-5-11-30-19)28-9-3-4-10-28/h5-8,11-12,18H,3-4,9-10,13-14H2,1-2H3,(H2,25,26,27). The van der Waals surface area contributed by atoms with E-state index >= 15 is 0 Å². The quantitative estimate of drug-likeness (QED) is 0.523. The predicted molar refractivity (Wildman–Crippen MR) is 108 cm³/mol. The number of likely N-dealkylation sites (tertiary alicyclic amines) is 1. The van der Waals surface area contributed by atoms with Crippen molar-refractivity contribution in [3.63, 3.8) is 0 Å². The van der Waals surface area contributed by atoms with Crippen LogP contribution in [-0.2, 0) is 12.7 Å². The second-order valence-corrected chi connectivity index (χ2v) is 7.10. The number of hydrogen-bond acceptors (Lipinski definition) is 4. The van der Waals surface area contributed by atoms with Crippen molar-refractivity contribution in [2.45, 2.75) is 31.6 Å². The Labute approximate surface area is 174 Å². The number of halogens is 3. The van der Waals surface area contributed by atoms with Crippen LogP contribution in [-0.4, -0.2) is 44.7 Å². The van der Waals surface area contributed by atoms with Crippen LogP contribution in [0.3, 0.4) is 0 Å². The minimum absolute atomic E-state index is 0.0202. The van der Waals surface area contributed by atoms with Gasteiger partial charge < -0.3 is 19.8 Å². The number of methoxy groups -OCH3 is 1. The van der Waals surface area contributed by atoms with Gasteiger partial charge in [0, 0.05) is 20.1 Å². The van der Waals surface area contributed by atoms with Gasteiger partial charge >= 0.3 is 6.18 Å². The fourth-order valence-corrected chi connectivity index (χ4v) is 3.64. The molecule has 30 heavy (non-hydrogen) atoms. The van der Waals surface area contributed by atoms with Gasteiger partial charge in [0.2, 0.25) is 0 Å². The second-order valence-electron chi connectivity index (χ2n) is 7.10. The summed E-state index contributed by atoms with van der Waals surface area (Å²) in [5.41, 5.74) is -0.608. The number of nitrogens with zero attached hydrogens (tertiary/aromatic N) is 2. The van der Waals surface area contributed by atoms with Gasteiger partial charge in [-0.2, -0.15) is 13.2 Å². The molecule has 0 saturated carbocycles. The Balaban J connectivity index is 1.65. The number of rotatable bonds is 7. The molecule has 9 heteroatoms. The first-order valence-corrected chi connectivity index (χ1v) is 9.88. The number of ether oxygens (including phenoxy) is 1. The highest BCUT2D eigenvalue weighted by molar-refractivity contribution is 5.79. The summed E-state index contributed by atoms with van der Waals surface area (Å²) < 4.78 is 50.8. The highest BCUT2D eigenvalue weighted by Crippen LogP contribution is 2.34. The van der Waals surface area contributed by atoms with E-state index in [0.717, 1.165) is 37.8 Å². The summed E-state index contributed by atoms with van der Waals surface area (Å²) in [7, 11) is 2.93. The number of benzene rings is 1. The SMILES string of the molecule is CN=C(NCc1ccc(OC)cc1C(F)(F)F)NCC(c1ccco1)N1CCCC1. The molecule has 1 unspecified atom stereocenters. The van der Waals surface area contributed by atoms with Crippen LogP contribution in [0.5, 0.6) is 5.75 Å². The molecule has 2 aromatic rings. The minimum Gasteiger partial charge on any atom is -0.497 e. The van der Waals surface area contributed by atoms with Gasteiger partial charge in [-0.3, -0.25) is 9.89 Å². The topological polar surface area (TPSA) is 62.0 Å². The van der Waals surface area contributed by atoms with E-state index in [4.69, 9.17) is 9.15 Å². The predicted octanol–water partition coefficient (Wildman–Crippen LogP) is 3.81. The summed E-state index contributed by atoms with van der Waals surface area (Å²) in [6.07, 6.45) is -0.541. The van der Waals surface area contributed by atoms with Gasteiger partial charge in [-0.25, -0.2) is 0 Å². The van der Waals surface area contributed by atoms with Gasteiger partial charge in [-0.1, -0.05) is 6.07 Å². The Morgan fingerprint density at radius 3 is 2.60 bits per heavy atom. The first-order valence-electron chi connectivity index (χ1n) is 9.88. The molecule has 0 bridgehead atoms. The molecule has 1 aromatic carbocycles. The van der Waals surface area contributed by atoms with Crippen LogP contribution in [0, 0.1) is 0 Å². The lowest BCUT2D eigenvalue weighted by Gasteiger charge is -2.26. The van der Waals surface area contributed by atoms with Gasteiger partial charge in [-0.05, 0) is 55.8 Å². The molecule has 1 aliphatic heterocycles. The van der Waals surface area contributed by atoms with Crippen molar-refractivity contribution in [1.29, 1.82) is 0 Å². The Morgan fingerprint density at radius 1 is 1.23 bits per heavy atom. The van der Waals surface area contributed by atoms with Crippen molar-refractivity contribution in [2.24, 2.45) is 4.99 Å². The van der Waals surface area contributed by atoms with Crippen LogP contribution < -0.4 is 15.4 Å². The molecule has 1 saturated heterocycles. The normalized spacial score (nSPS) is 16.5. The molecule has 6 nitrogen and oxygen atoms in total. The van der Waals surface area contributed by atoms with Crippen LogP contribution in [0.1, 0.15) is 35.8 Å². The van der Waals surface area contributed by atoms with Crippen molar-refractivity contribution < 1.29 is 22.3 Å². The number of hydrogen-bond donors (Lipinski definition) is 2. The van der Waals surface area contributed by atoms with E-state index in [9.17, 15) is 13.2 Å². The summed E-state index contributed by atoms with van der Waals surface area (Å²) in [5.74, 6) is 1.45. The first-order chi connectivity index (χ1) is 14.4. The summed E-state index contributed by atoms with van der Waals surface area (Å²) in [6.45, 7) is 2.48. The van der Waals surface area contributed by atoms with E-state index in [0.29, 0.717) is 12.5 Å². The molecule has 1 aromatic heterocycles. The van der Waals surface area contributed by atoms with Crippen molar-refractivity contribution in [3.8, 4) is 5.75 Å². The van der Waals surface area contributed by atoms with Gasteiger partial charge in [0.25, 0.3) is 0 Å². The van der Waals surface area contributed by atoms with Crippen LogP contribution in [0.4, 0.5) is 13.2 Å². The minimum atomic E-state index is -4.47. The van der Waals surface area contributed by atoms with E-state index in [1.165, 1.54) is 19.2 Å². The second kappa shape index (κ2) is 9.88. The molecule has 0 radical (unpaired) electrons. The highest BCUT2D eigenvalue weighted by Gasteiger charge is 2.34. The van der Waals surface area contributed by atoms with Crippen LogP contribution in [0.15, 0.2) is 46.0 Å². The smallest absolute Gasteiger partial charge is 0.416 e. The summed E-state index contributed by atoms with van der Waals surface area (Å²) in [5, 5.41) is 6.19. The zero-order chi connectivity index (χ0) is 21.6. The average molecular weight is 424 g/mol. The summed E-state index contributed by atoms with van der Waals surface area (Å²) in [6, 6.07) is 7.77. The largest absolute Gasteiger partial charge is 0.497 e. The van der Waals surface area contributed by atoms with E-state index < -0.39 is 11.7 Å². The van der Waals surface area contributed by atoms with Crippen molar-refractivity contribution in [3.05, 3.63) is 53.5 Å². The molecule has 2 N–H and O–H groups in total. The molecule has 164 valence electrons. The molecule has 1 fully saturated rings. The maximum atomic E-state index is 13.4. The maximum Gasteiger partial charge on any atom is 0.416 e. The first kappa shape index (κ1) is 22.0. The third kappa shape index (κ3) is 5.47. The zero-order valence-corrected chi connectivity index (χ0v) is 17.1. The average Bonchev–Trinajstić information content (AvgIpc) is 3.44. The number of guanidine groups is 1. The molecule has 0 aliphatic carbocycles. The maximum absolute atomic E-state index is 13.4. The molecular formula is C21H27F3N4O2. The fraction of sp³-hybridized carbons (Fsp3) is 0.476. The number of alkyl halides is 3. The number of nitrogens with one attached hydrogen (secondary N) is 2. The van der Waals surface area contributed by atoms with Crippen LogP contribution >= 0.6 is 0 Å². The van der Waals surface area contributed by atoms with Crippen LogP contribution in [0.25, 0.3) is 0 Å². The molecule has 1 atom stereocenters. The molecule has 0 amide bonds. The fourth-order valence-electron chi connectivity index (χ4n) is 3.64. The van der Waals surface area contributed by atoms with Crippen molar-refractivity contribution in [1.82, 2.24) is 15.5 Å². The summed E-state index contributed by atoms with van der Waals surface area (Å²) >= 11 is 0. The number of aliphatic imine (C=N–C) groups is 1. The number of furan rings is 1. The molecule has 0 spiro atoms. The lowest BCUT2D eigenvalue weighted by Crippen LogP contribution is -2.42. The van der Waals surface area contributed by atoms with Gasteiger partial charge in [0.15, 0.2) is 5.96 Å². The Bertz CT molecular complexity index is 831. The summed E-state index contributed by atoms with van der Waals surface area (Å²) in [4.78, 5) is 6.49. The van der Waals surface area contributed by atoms with Crippen molar-refractivity contribution >= 4 is 5.96 Å². The lowest BCUT2D eigenvalue weighted by molar-refractivity contribution is -0.138. The van der Waals surface area contributed by atoms with E-state index in [-0.39, 0.29) is 23.9 Å². The molecular weight excluding hydrogens is 397 g/mol. The molecule has 3 rings (SSSR count). The third-order valence-electron chi connectivity index (χ3n) is 5.21. The lowest BCUT2D eigenvalue weighted by atomic mass is 10.1. The Hall–Kier alpha value is -2.68. The monoisotopic (exact) mass is 424 g/mol. The van der Waals surface area contributed by atoms with Gasteiger partial charge in [0.1, 0.15) is 11.5 Å². The Morgan fingerprint density at radius 2 is 2.00 bits per heavy atom. The molecule has 1 aliphatic rings. The van der Waals surface area contributed by atoms with Crippen LogP contribution in [0.2, 0.25) is 0 Å². The van der Waals surface area contributed by atoms with E-state index in [1.54, 1.807) is 13.3 Å². The van der Waals surface area contributed by atoms with Gasteiger partial charge in [0.05, 0.1) is 25.0 Å². The zero-order valence-electron chi connectivity index (χ0n) is 17.1. The Kier molecular flexibility index (Phi) is 7.25. The van der Waals surface area contributed by atoms with E-state index in [1.807, 2.05) is 12.1 Å². The molecule has 2 heterocycles.